The van der Waals surface area contributed by atoms with Gasteiger partial charge in [-0.25, -0.2) is 0 Å². The molecule has 0 saturated heterocycles. The molecule has 0 aliphatic rings. The zero-order valence-corrected chi connectivity index (χ0v) is 12.8. The van der Waals surface area contributed by atoms with E-state index in [1.807, 2.05) is 43.3 Å². The molecule has 0 aliphatic heterocycles. The van der Waals surface area contributed by atoms with Crippen molar-refractivity contribution in [3.63, 3.8) is 0 Å². The zero-order chi connectivity index (χ0) is 15.2. The molecule has 1 amide bonds. The first-order chi connectivity index (χ1) is 10.1. The summed E-state index contributed by atoms with van der Waals surface area (Å²) in [5.74, 6) is -0.0268. The van der Waals surface area contributed by atoms with Gasteiger partial charge in [0.2, 0.25) is 5.91 Å². The Balaban J connectivity index is 1.88. The van der Waals surface area contributed by atoms with Gasteiger partial charge in [0.1, 0.15) is 0 Å². The molecule has 2 N–H and O–H groups in total. The van der Waals surface area contributed by atoms with Gasteiger partial charge in [0, 0.05) is 11.7 Å². The van der Waals surface area contributed by atoms with Crippen LogP contribution in [0.25, 0.3) is 0 Å². The predicted molar refractivity (Wildman–Crippen MR) is 87.4 cm³/mol. The lowest BCUT2D eigenvalue weighted by Crippen LogP contribution is -2.30. The number of aryl methyl sites for hydroxylation is 2. The Morgan fingerprint density at radius 1 is 1.10 bits per heavy atom. The number of carbonyl (C=O) groups excluding carboxylic acids is 1. The second-order valence-electron chi connectivity index (χ2n) is 5.38. The molecular weight excluding hydrogens is 260 g/mol. The van der Waals surface area contributed by atoms with Crippen molar-refractivity contribution in [3.05, 3.63) is 65.2 Å². The second kappa shape index (κ2) is 7.04. The summed E-state index contributed by atoms with van der Waals surface area (Å²) in [7, 11) is 0. The summed E-state index contributed by atoms with van der Waals surface area (Å²) in [4.78, 5) is 12.0. The van der Waals surface area contributed by atoms with Gasteiger partial charge in [-0.15, -0.1) is 0 Å². The minimum atomic E-state index is -0.0268. The average Bonchev–Trinajstić information content (AvgIpc) is 2.45. The lowest BCUT2D eigenvalue weighted by atomic mass is 10.0. The van der Waals surface area contributed by atoms with E-state index < -0.39 is 0 Å². The highest BCUT2D eigenvalue weighted by Gasteiger charge is 2.09. The molecule has 0 aliphatic carbocycles. The Kier molecular flexibility index (Phi) is 5.12. The smallest absolute Gasteiger partial charge is 0.238 e. The summed E-state index contributed by atoms with van der Waals surface area (Å²) in [5.41, 5.74) is 4.43. The molecule has 2 aromatic rings. The first-order valence-electron chi connectivity index (χ1n) is 7.21. The fraction of sp³-hybridized carbons (Fsp3) is 0.278. The molecule has 1 atom stereocenters. The maximum Gasteiger partial charge on any atom is 0.238 e. The van der Waals surface area contributed by atoms with E-state index in [9.17, 15) is 4.79 Å². The lowest BCUT2D eigenvalue weighted by molar-refractivity contribution is -0.115. The van der Waals surface area contributed by atoms with Gasteiger partial charge in [-0.3, -0.25) is 4.79 Å². The maximum absolute atomic E-state index is 12.0. The fourth-order valence-corrected chi connectivity index (χ4v) is 2.36. The van der Waals surface area contributed by atoms with E-state index >= 15 is 0 Å². The van der Waals surface area contributed by atoms with Gasteiger partial charge in [0.15, 0.2) is 0 Å². The Morgan fingerprint density at radius 3 is 2.57 bits per heavy atom. The molecule has 3 heteroatoms. The molecule has 3 nitrogen and oxygen atoms in total. The van der Waals surface area contributed by atoms with Gasteiger partial charge in [-0.05, 0) is 49.6 Å². The van der Waals surface area contributed by atoms with Gasteiger partial charge in [-0.1, -0.05) is 36.4 Å². The number of amides is 1. The average molecular weight is 282 g/mol. The minimum absolute atomic E-state index is 0.0268. The van der Waals surface area contributed by atoms with E-state index in [1.165, 1.54) is 11.1 Å². The highest BCUT2D eigenvalue weighted by atomic mass is 16.1. The highest BCUT2D eigenvalue weighted by Crippen LogP contribution is 2.16. The first-order valence-corrected chi connectivity index (χ1v) is 7.21. The molecule has 0 saturated carbocycles. The molecule has 0 spiro atoms. The third-order valence-electron chi connectivity index (χ3n) is 3.53. The number of carbonyl (C=O) groups is 1. The lowest BCUT2D eigenvalue weighted by Gasteiger charge is -2.16. The topological polar surface area (TPSA) is 41.1 Å². The van der Waals surface area contributed by atoms with Crippen molar-refractivity contribution >= 4 is 11.6 Å². The Morgan fingerprint density at radius 2 is 1.86 bits per heavy atom. The van der Waals surface area contributed by atoms with E-state index in [4.69, 9.17) is 0 Å². The van der Waals surface area contributed by atoms with Crippen LogP contribution in [0.2, 0.25) is 0 Å². The fourth-order valence-electron chi connectivity index (χ4n) is 2.36. The summed E-state index contributed by atoms with van der Waals surface area (Å²) in [6.45, 7) is 6.46. The maximum atomic E-state index is 12.0. The van der Waals surface area contributed by atoms with E-state index in [-0.39, 0.29) is 11.9 Å². The largest absolute Gasteiger partial charge is 0.325 e. The molecule has 0 bridgehead atoms. The number of benzene rings is 2. The highest BCUT2D eigenvalue weighted by molar-refractivity contribution is 5.92. The number of hydrogen-bond acceptors (Lipinski definition) is 2. The molecule has 2 aromatic carbocycles. The number of rotatable bonds is 5. The Hall–Kier alpha value is -2.13. The van der Waals surface area contributed by atoms with Crippen LogP contribution in [0.3, 0.4) is 0 Å². The molecule has 110 valence electrons. The van der Waals surface area contributed by atoms with Crippen LogP contribution >= 0.6 is 0 Å². The first kappa shape index (κ1) is 15.3. The number of anilines is 1. The van der Waals surface area contributed by atoms with Crippen LogP contribution in [-0.4, -0.2) is 12.5 Å². The quantitative estimate of drug-likeness (QED) is 0.880. The Bertz CT molecular complexity index is 622. The van der Waals surface area contributed by atoms with Gasteiger partial charge in [-0.2, -0.15) is 0 Å². The SMILES string of the molecule is Cc1cccc(NC(=O)CNC(C)c2ccccc2C)c1. The van der Waals surface area contributed by atoms with Crippen LogP contribution in [0, 0.1) is 13.8 Å². The molecule has 21 heavy (non-hydrogen) atoms. The standard InChI is InChI=1S/C18H22N2O/c1-13-7-6-9-16(11-13)20-18(21)12-19-15(3)17-10-5-4-8-14(17)2/h4-11,15,19H,12H2,1-3H3,(H,20,21). The van der Waals surface area contributed by atoms with Crippen molar-refractivity contribution in [1.29, 1.82) is 0 Å². The van der Waals surface area contributed by atoms with Crippen molar-refractivity contribution in [2.75, 3.05) is 11.9 Å². The molecule has 0 heterocycles. The van der Waals surface area contributed by atoms with Gasteiger partial charge >= 0.3 is 0 Å². The van der Waals surface area contributed by atoms with Crippen molar-refractivity contribution in [2.24, 2.45) is 0 Å². The van der Waals surface area contributed by atoms with Crippen LogP contribution in [0.15, 0.2) is 48.5 Å². The molecule has 0 radical (unpaired) electrons. The number of hydrogen-bond donors (Lipinski definition) is 2. The molecule has 0 fully saturated rings. The summed E-state index contributed by atoms with van der Waals surface area (Å²) in [5, 5.41) is 6.17. The summed E-state index contributed by atoms with van der Waals surface area (Å²) >= 11 is 0. The van der Waals surface area contributed by atoms with E-state index in [0.29, 0.717) is 6.54 Å². The summed E-state index contributed by atoms with van der Waals surface area (Å²) in [6, 6.07) is 16.2. The van der Waals surface area contributed by atoms with Crippen molar-refractivity contribution in [2.45, 2.75) is 26.8 Å². The molecule has 2 rings (SSSR count). The number of nitrogens with one attached hydrogen (secondary N) is 2. The van der Waals surface area contributed by atoms with Crippen LogP contribution in [-0.2, 0) is 4.79 Å². The van der Waals surface area contributed by atoms with Gasteiger partial charge in [0.25, 0.3) is 0 Å². The Labute approximate surface area is 126 Å². The van der Waals surface area contributed by atoms with E-state index in [1.54, 1.807) is 0 Å². The van der Waals surface area contributed by atoms with Crippen LogP contribution in [0.5, 0.6) is 0 Å². The third kappa shape index (κ3) is 4.43. The van der Waals surface area contributed by atoms with Crippen molar-refractivity contribution in [3.8, 4) is 0 Å². The van der Waals surface area contributed by atoms with E-state index in [2.05, 4.69) is 36.6 Å². The van der Waals surface area contributed by atoms with E-state index in [0.717, 1.165) is 11.3 Å². The minimum Gasteiger partial charge on any atom is -0.325 e. The van der Waals surface area contributed by atoms with Crippen molar-refractivity contribution in [1.82, 2.24) is 5.32 Å². The second-order valence-corrected chi connectivity index (χ2v) is 5.38. The molecular formula is C18H22N2O. The predicted octanol–water partition coefficient (Wildman–Crippen LogP) is 3.59. The zero-order valence-electron chi connectivity index (χ0n) is 12.8. The van der Waals surface area contributed by atoms with Crippen LogP contribution < -0.4 is 10.6 Å². The molecule has 1 unspecified atom stereocenters. The van der Waals surface area contributed by atoms with Gasteiger partial charge < -0.3 is 10.6 Å². The van der Waals surface area contributed by atoms with Crippen molar-refractivity contribution < 1.29 is 4.79 Å². The monoisotopic (exact) mass is 282 g/mol. The summed E-state index contributed by atoms with van der Waals surface area (Å²) < 4.78 is 0. The molecule has 0 aromatic heterocycles. The normalized spacial score (nSPS) is 12.0. The third-order valence-corrected chi connectivity index (χ3v) is 3.53. The van der Waals surface area contributed by atoms with Crippen LogP contribution in [0.1, 0.15) is 29.7 Å². The van der Waals surface area contributed by atoms with Crippen LogP contribution in [0.4, 0.5) is 5.69 Å². The summed E-state index contributed by atoms with van der Waals surface area (Å²) in [6.07, 6.45) is 0. The van der Waals surface area contributed by atoms with Gasteiger partial charge in [0.05, 0.1) is 6.54 Å².